The quantitative estimate of drug-likeness (QED) is 0.755. The molecule has 3 heterocycles. The third kappa shape index (κ3) is 3.06. The molecule has 1 unspecified atom stereocenters. The summed E-state index contributed by atoms with van der Waals surface area (Å²) >= 11 is 2.96. The molecule has 3 N–H and O–H groups in total. The number of nitrogen functional groups attached to an aromatic ring is 1. The number of nitrogens with one attached hydrogen (secondary N) is 1. The van der Waals surface area contributed by atoms with Crippen LogP contribution in [-0.2, 0) is 6.54 Å². The van der Waals surface area contributed by atoms with Crippen molar-refractivity contribution in [1.82, 2.24) is 19.1 Å². The molecule has 0 radical (unpaired) electrons. The number of hydrogen-bond acceptors (Lipinski definition) is 7. The molecule has 21 heavy (non-hydrogen) atoms. The lowest BCUT2D eigenvalue weighted by Gasteiger charge is -2.14. The van der Waals surface area contributed by atoms with E-state index in [4.69, 9.17) is 5.73 Å². The van der Waals surface area contributed by atoms with Gasteiger partial charge in [0, 0.05) is 29.5 Å². The molecule has 0 aromatic carbocycles. The molecule has 0 spiro atoms. The molecule has 0 saturated heterocycles. The van der Waals surface area contributed by atoms with Crippen molar-refractivity contribution in [2.75, 3.05) is 11.1 Å². The summed E-state index contributed by atoms with van der Waals surface area (Å²) in [5.41, 5.74) is 7.91. The second-order valence-corrected chi connectivity index (χ2v) is 6.47. The maximum atomic E-state index is 6.00. The zero-order chi connectivity index (χ0) is 14.8. The lowest BCUT2D eigenvalue weighted by atomic mass is 10.3. The molecule has 8 heteroatoms. The fourth-order valence-electron chi connectivity index (χ4n) is 2.03. The molecule has 0 amide bonds. The van der Waals surface area contributed by atoms with Crippen molar-refractivity contribution in [3.8, 4) is 10.6 Å². The topological polar surface area (TPSA) is 81.6 Å². The Morgan fingerprint density at radius 2 is 2.33 bits per heavy atom. The van der Waals surface area contributed by atoms with Crippen LogP contribution in [0, 0.1) is 6.92 Å². The van der Waals surface area contributed by atoms with Gasteiger partial charge in [-0.15, -0.1) is 11.3 Å². The third-order valence-electron chi connectivity index (χ3n) is 2.95. The number of anilines is 2. The van der Waals surface area contributed by atoms with E-state index in [2.05, 4.69) is 26.7 Å². The van der Waals surface area contributed by atoms with E-state index in [9.17, 15) is 0 Å². The molecule has 0 fully saturated rings. The van der Waals surface area contributed by atoms with E-state index in [1.54, 1.807) is 17.5 Å². The van der Waals surface area contributed by atoms with Gasteiger partial charge in [0.15, 0.2) is 0 Å². The van der Waals surface area contributed by atoms with Gasteiger partial charge in [-0.3, -0.25) is 4.68 Å². The summed E-state index contributed by atoms with van der Waals surface area (Å²) in [4.78, 5) is 4.51. The molecule has 0 aliphatic rings. The van der Waals surface area contributed by atoms with Crippen LogP contribution in [0.15, 0.2) is 23.8 Å². The van der Waals surface area contributed by atoms with Crippen molar-refractivity contribution in [3.05, 3.63) is 29.5 Å². The lowest BCUT2D eigenvalue weighted by Crippen LogP contribution is -2.22. The van der Waals surface area contributed by atoms with E-state index < -0.39 is 0 Å². The van der Waals surface area contributed by atoms with Crippen LogP contribution in [0.1, 0.15) is 12.6 Å². The van der Waals surface area contributed by atoms with Crippen molar-refractivity contribution in [2.45, 2.75) is 26.4 Å². The summed E-state index contributed by atoms with van der Waals surface area (Å²) in [6, 6.07) is 2.13. The van der Waals surface area contributed by atoms with Gasteiger partial charge in [0.05, 0.1) is 12.1 Å². The SMILES string of the molecule is Cc1csc(-c2c(N)nsc2NC(C)Cn2cccn2)n1. The van der Waals surface area contributed by atoms with Crippen LogP contribution in [0.4, 0.5) is 10.8 Å². The van der Waals surface area contributed by atoms with E-state index in [0.717, 1.165) is 27.8 Å². The Balaban J connectivity index is 1.80. The molecule has 6 nitrogen and oxygen atoms in total. The van der Waals surface area contributed by atoms with Crippen LogP contribution in [-0.4, -0.2) is 25.2 Å². The van der Waals surface area contributed by atoms with Crippen molar-refractivity contribution in [1.29, 1.82) is 0 Å². The van der Waals surface area contributed by atoms with Gasteiger partial charge in [-0.05, 0) is 31.4 Å². The number of thiazole rings is 1. The second kappa shape index (κ2) is 5.82. The van der Waals surface area contributed by atoms with E-state index in [-0.39, 0.29) is 6.04 Å². The van der Waals surface area contributed by atoms with Gasteiger partial charge in [0.2, 0.25) is 0 Å². The highest BCUT2D eigenvalue weighted by atomic mass is 32.1. The van der Waals surface area contributed by atoms with Crippen LogP contribution in [0.2, 0.25) is 0 Å². The second-order valence-electron chi connectivity index (χ2n) is 4.84. The first kappa shape index (κ1) is 14.0. The summed E-state index contributed by atoms with van der Waals surface area (Å²) in [5, 5.41) is 11.6. The average molecular weight is 320 g/mol. The van der Waals surface area contributed by atoms with Crippen LogP contribution < -0.4 is 11.1 Å². The smallest absolute Gasteiger partial charge is 0.149 e. The van der Waals surface area contributed by atoms with Gasteiger partial charge in [-0.1, -0.05) is 0 Å². The highest BCUT2D eigenvalue weighted by Crippen LogP contribution is 2.38. The fraction of sp³-hybridized carbons (Fsp3) is 0.308. The number of aryl methyl sites for hydroxylation is 1. The Hall–Kier alpha value is -1.93. The van der Waals surface area contributed by atoms with Gasteiger partial charge in [-0.25, -0.2) is 4.98 Å². The molecule has 0 aliphatic carbocycles. The molecule has 0 saturated carbocycles. The minimum absolute atomic E-state index is 0.213. The number of rotatable bonds is 5. The first-order valence-electron chi connectivity index (χ1n) is 6.55. The number of aromatic nitrogens is 4. The largest absolute Gasteiger partial charge is 0.382 e. The predicted molar refractivity (Wildman–Crippen MR) is 87.7 cm³/mol. The van der Waals surface area contributed by atoms with Gasteiger partial charge in [0.25, 0.3) is 0 Å². The molecular formula is C13H16N6S2. The van der Waals surface area contributed by atoms with E-state index in [0.29, 0.717) is 5.82 Å². The summed E-state index contributed by atoms with van der Waals surface area (Å²) in [6.07, 6.45) is 3.73. The lowest BCUT2D eigenvalue weighted by molar-refractivity contribution is 0.562. The summed E-state index contributed by atoms with van der Waals surface area (Å²) in [7, 11) is 0. The van der Waals surface area contributed by atoms with Crippen LogP contribution >= 0.6 is 22.9 Å². The predicted octanol–water partition coefficient (Wildman–Crippen LogP) is 2.85. The Morgan fingerprint density at radius 3 is 3.00 bits per heavy atom. The number of hydrogen-bond donors (Lipinski definition) is 2. The van der Waals surface area contributed by atoms with Crippen molar-refractivity contribution in [3.63, 3.8) is 0 Å². The molecule has 1 atom stereocenters. The highest BCUT2D eigenvalue weighted by Gasteiger charge is 2.18. The number of nitrogens with zero attached hydrogens (tertiary/aromatic N) is 4. The van der Waals surface area contributed by atoms with Crippen molar-refractivity contribution in [2.24, 2.45) is 0 Å². The van der Waals surface area contributed by atoms with Gasteiger partial charge in [0.1, 0.15) is 15.8 Å². The Morgan fingerprint density at radius 1 is 1.48 bits per heavy atom. The maximum absolute atomic E-state index is 6.00. The zero-order valence-corrected chi connectivity index (χ0v) is 13.4. The van der Waals surface area contributed by atoms with Gasteiger partial charge >= 0.3 is 0 Å². The maximum Gasteiger partial charge on any atom is 0.149 e. The van der Waals surface area contributed by atoms with Crippen LogP contribution in [0.3, 0.4) is 0 Å². The van der Waals surface area contributed by atoms with Gasteiger partial charge < -0.3 is 11.1 Å². The average Bonchev–Trinajstić information content (AvgIpc) is 3.13. The fourth-order valence-corrected chi connectivity index (χ4v) is 3.78. The standard InChI is InChI=1S/C13H16N6S2/c1-8(6-19-5-3-4-15-19)16-13-10(11(14)18-21-13)12-17-9(2)7-20-12/h3-5,7-8,16H,6H2,1-2H3,(H2,14,18). The Bertz CT molecular complexity index is 715. The molecule has 3 aromatic rings. The minimum Gasteiger partial charge on any atom is -0.382 e. The highest BCUT2D eigenvalue weighted by molar-refractivity contribution is 7.15. The van der Waals surface area contributed by atoms with E-state index in [1.165, 1.54) is 11.5 Å². The normalized spacial score (nSPS) is 12.5. The molecule has 110 valence electrons. The summed E-state index contributed by atoms with van der Waals surface area (Å²) in [5.74, 6) is 0.531. The first-order chi connectivity index (χ1) is 10.1. The van der Waals surface area contributed by atoms with E-state index in [1.807, 2.05) is 29.2 Å². The van der Waals surface area contributed by atoms with Crippen LogP contribution in [0.25, 0.3) is 10.6 Å². The monoisotopic (exact) mass is 320 g/mol. The molecule has 0 aliphatic heterocycles. The Labute approximate surface area is 130 Å². The third-order valence-corrected chi connectivity index (χ3v) is 4.72. The minimum atomic E-state index is 0.213. The summed E-state index contributed by atoms with van der Waals surface area (Å²) < 4.78 is 6.15. The molecule has 3 aromatic heterocycles. The first-order valence-corrected chi connectivity index (χ1v) is 8.20. The Kier molecular flexibility index (Phi) is 3.89. The zero-order valence-electron chi connectivity index (χ0n) is 11.8. The molecule has 0 bridgehead atoms. The van der Waals surface area contributed by atoms with Gasteiger partial charge in [-0.2, -0.15) is 9.47 Å². The number of nitrogens with two attached hydrogens (primary N) is 1. The van der Waals surface area contributed by atoms with Crippen molar-refractivity contribution >= 4 is 33.7 Å². The molecular weight excluding hydrogens is 304 g/mol. The van der Waals surface area contributed by atoms with Crippen molar-refractivity contribution < 1.29 is 0 Å². The van der Waals surface area contributed by atoms with Crippen LogP contribution in [0.5, 0.6) is 0 Å². The van der Waals surface area contributed by atoms with E-state index >= 15 is 0 Å². The molecule has 3 rings (SSSR count). The summed E-state index contributed by atoms with van der Waals surface area (Å²) in [6.45, 7) is 4.86.